The molecule has 0 amide bonds. The molecule has 2 fully saturated rings. The lowest BCUT2D eigenvalue weighted by Crippen LogP contribution is -2.39. The standard InChI is InChI=1S/C22H32O5/c1-2-22(13-8-14-22)20(25)11-7-10-17-16(18(23)15-19(17)24)9-5-3-4-6-12-21(26)27/h2-3,5,7,10,16-17,19-20,24-25H,1,4,6,8-9,11-15H2,(H,26,27)/b5-3-,10-7+/t16-,17-,19-,20?/m1/s1. The Kier molecular flexibility index (Phi) is 7.99. The molecule has 0 spiro atoms. The molecule has 2 saturated carbocycles. The highest BCUT2D eigenvalue weighted by Crippen LogP contribution is 2.46. The number of carbonyl (C=O) groups excluding carboxylic acids is 1. The fourth-order valence-electron chi connectivity index (χ4n) is 4.12. The Hall–Kier alpha value is -1.72. The summed E-state index contributed by atoms with van der Waals surface area (Å²) in [5.41, 5.74) is -0.174. The van der Waals surface area contributed by atoms with Gasteiger partial charge in [0.2, 0.25) is 0 Å². The summed E-state index contributed by atoms with van der Waals surface area (Å²) in [6, 6.07) is 0. The lowest BCUT2D eigenvalue weighted by Gasteiger charge is -2.43. The first kappa shape index (κ1) is 21.6. The molecule has 0 aromatic carbocycles. The zero-order chi connectivity index (χ0) is 19.9. The van der Waals surface area contributed by atoms with E-state index in [1.807, 2.05) is 30.4 Å². The van der Waals surface area contributed by atoms with Crippen molar-refractivity contribution in [2.75, 3.05) is 0 Å². The summed E-state index contributed by atoms with van der Waals surface area (Å²) < 4.78 is 0. The third kappa shape index (κ3) is 5.63. The van der Waals surface area contributed by atoms with Crippen LogP contribution in [0.25, 0.3) is 0 Å². The molecule has 3 N–H and O–H groups in total. The van der Waals surface area contributed by atoms with Gasteiger partial charge in [0.15, 0.2) is 0 Å². The van der Waals surface area contributed by atoms with Gasteiger partial charge in [-0.3, -0.25) is 9.59 Å². The van der Waals surface area contributed by atoms with Crippen molar-refractivity contribution in [1.29, 1.82) is 0 Å². The minimum absolute atomic E-state index is 0.0643. The van der Waals surface area contributed by atoms with Crippen LogP contribution >= 0.6 is 0 Å². The van der Waals surface area contributed by atoms with Gasteiger partial charge >= 0.3 is 5.97 Å². The average Bonchev–Trinajstić information content (AvgIpc) is 2.84. The smallest absolute Gasteiger partial charge is 0.303 e. The summed E-state index contributed by atoms with van der Waals surface area (Å²) in [5.74, 6) is -1.21. The SMILES string of the molecule is C=CC1(C(O)C/C=C/[C@H]2[C@H](O)CC(=O)[C@@H]2C/C=C\CCCC(=O)O)CCC1. The first-order valence-corrected chi connectivity index (χ1v) is 9.95. The van der Waals surface area contributed by atoms with Gasteiger partial charge in [0.25, 0.3) is 0 Å². The highest BCUT2D eigenvalue weighted by Gasteiger charge is 2.41. The second kappa shape index (κ2) is 10.00. The van der Waals surface area contributed by atoms with Gasteiger partial charge in [-0.05, 0) is 38.5 Å². The van der Waals surface area contributed by atoms with E-state index in [9.17, 15) is 19.8 Å². The number of ketones is 1. The van der Waals surface area contributed by atoms with Gasteiger partial charge in [-0.25, -0.2) is 0 Å². The van der Waals surface area contributed by atoms with E-state index in [4.69, 9.17) is 5.11 Å². The van der Waals surface area contributed by atoms with Crippen LogP contribution in [0, 0.1) is 17.3 Å². The van der Waals surface area contributed by atoms with Crippen LogP contribution in [0.2, 0.25) is 0 Å². The number of hydrogen-bond donors (Lipinski definition) is 3. The van der Waals surface area contributed by atoms with Crippen molar-refractivity contribution >= 4 is 11.8 Å². The maximum Gasteiger partial charge on any atom is 0.303 e. The van der Waals surface area contributed by atoms with Gasteiger partial charge in [0.05, 0.1) is 12.2 Å². The summed E-state index contributed by atoms with van der Waals surface area (Å²) in [6.45, 7) is 3.85. The van der Waals surface area contributed by atoms with Crippen molar-refractivity contribution in [2.24, 2.45) is 17.3 Å². The third-order valence-corrected chi connectivity index (χ3v) is 6.12. The van der Waals surface area contributed by atoms with Crippen LogP contribution in [0.5, 0.6) is 0 Å². The van der Waals surface area contributed by atoms with Gasteiger partial charge in [0, 0.05) is 30.1 Å². The van der Waals surface area contributed by atoms with Crippen LogP contribution in [0.3, 0.4) is 0 Å². The number of carboxylic acid groups (broad SMARTS) is 1. The first-order chi connectivity index (χ1) is 12.9. The van der Waals surface area contributed by atoms with E-state index in [-0.39, 0.29) is 35.9 Å². The molecule has 0 aliphatic heterocycles. The van der Waals surface area contributed by atoms with Crippen molar-refractivity contribution in [3.05, 3.63) is 37.0 Å². The molecule has 0 aromatic rings. The van der Waals surface area contributed by atoms with Crippen LogP contribution in [0.15, 0.2) is 37.0 Å². The van der Waals surface area contributed by atoms with Gasteiger partial charge in [-0.1, -0.05) is 36.8 Å². The Morgan fingerprint density at radius 3 is 2.63 bits per heavy atom. The van der Waals surface area contributed by atoms with Crippen molar-refractivity contribution < 1.29 is 24.9 Å². The van der Waals surface area contributed by atoms with Crippen LogP contribution < -0.4 is 0 Å². The molecule has 0 radical (unpaired) electrons. The van der Waals surface area contributed by atoms with Crippen molar-refractivity contribution in [1.82, 2.24) is 0 Å². The number of aliphatic carboxylic acids is 1. The topological polar surface area (TPSA) is 94.8 Å². The molecule has 4 atom stereocenters. The zero-order valence-corrected chi connectivity index (χ0v) is 15.9. The number of carbonyl (C=O) groups is 2. The number of hydrogen-bond acceptors (Lipinski definition) is 4. The fourth-order valence-corrected chi connectivity index (χ4v) is 4.12. The molecule has 27 heavy (non-hydrogen) atoms. The van der Waals surface area contributed by atoms with Gasteiger partial charge in [0.1, 0.15) is 5.78 Å². The highest BCUT2D eigenvalue weighted by atomic mass is 16.4. The molecule has 150 valence electrons. The first-order valence-electron chi connectivity index (χ1n) is 9.95. The van der Waals surface area contributed by atoms with E-state index in [0.717, 1.165) is 19.3 Å². The van der Waals surface area contributed by atoms with E-state index >= 15 is 0 Å². The van der Waals surface area contributed by atoms with Crippen LogP contribution in [-0.4, -0.2) is 39.3 Å². The van der Waals surface area contributed by atoms with Crippen LogP contribution in [0.1, 0.15) is 57.8 Å². The molecule has 2 aliphatic rings. The number of unbranched alkanes of at least 4 members (excludes halogenated alkanes) is 1. The number of Topliss-reactive ketones (excluding diaryl/α,β-unsaturated/α-hetero) is 1. The maximum absolute atomic E-state index is 12.2. The van der Waals surface area contributed by atoms with E-state index in [1.165, 1.54) is 0 Å². The molecule has 0 bridgehead atoms. The van der Waals surface area contributed by atoms with E-state index in [0.29, 0.717) is 25.7 Å². The van der Waals surface area contributed by atoms with Crippen molar-refractivity contribution in [3.63, 3.8) is 0 Å². The van der Waals surface area contributed by atoms with Gasteiger partial charge < -0.3 is 15.3 Å². The lowest BCUT2D eigenvalue weighted by molar-refractivity contribution is -0.137. The minimum atomic E-state index is -0.801. The monoisotopic (exact) mass is 376 g/mol. The molecule has 1 unspecified atom stereocenters. The summed E-state index contributed by atoms with van der Waals surface area (Å²) in [7, 11) is 0. The maximum atomic E-state index is 12.2. The molecule has 5 heteroatoms. The van der Waals surface area contributed by atoms with Crippen LogP contribution in [0.4, 0.5) is 0 Å². The highest BCUT2D eigenvalue weighted by molar-refractivity contribution is 5.84. The predicted octanol–water partition coefficient (Wildman–Crippen LogP) is 3.42. The van der Waals surface area contributed by atoms with E-state index < -0.39 is 18.2 Å². The van der Waals surface area contributed by atoms with Gasteiger partial charge in [-0.15, -0.1) is 6.58 Å². The Morgan fingerprint density at radius 1 is 1.30 bits per heavy atom. The molecule has 0 saturated heterocycles. The van der Waals surface area contributed by atoms with Gasteiger partial charge in [-0.2, -0.15) is 0 Å². The third-order valence-electron chi connectivity index (χ3n) is 6.12. The quantitative estimate of drug-likeness (QED) is 0.379. The Morgan fingerprint density at radius 2 is 2.04 bits per heavy atom. The zero-order valence-electron chi connectivity index (χ0n) is 15.9. The Labute approximate surface area is 161 Å². The van der Waals surface area contributed by atoms with E-state index in [2.05, 4.69) is 6.58 Å². The molecule has 2 rings (SSSR count). The van der Waals surface area contributed by atoms with E-state index in [1.54, 1.807) is 0 Å². The van der Waals surface area contributed by atoms with Crippen molar-refractivity contribution in [3.8, 4) is 0 Å². The summed E-state index contributed by atoms with van der Waals surface area (Å²) in [5, 5.41) is 29.3. The fraction of sp³-hybridized carbons (Fsp3) is 0.636. The molecule has 2 aliphatic carbocycles. The molecule has 0 heterocycles. The Bertz CT molecular complexity index is 588. The number of aliphatic hydroxyl groups excluding tert-OH is 2. The second-order valence-corrected chi connectivity index (χ2v) is 7.89. The molecule has 0 aromatic heterocycles. The minimum Gasteiger partial charge on any atom is -0.481 e. The molecular weight excluding hydrogens is 344 g/mol. The largest absolute Gasteiger partial charge is 0.481 e. The number of allylic oxidation sites excluding steroid dienone is 2. The number of rotatable bonds is 11. The molecule has 5 nitrogen and oxygen atoms in total. The second-order valence-electron chi connectivity index (χ2n) is 7.89. The molecular formula is C22H32O5. The predicted molar refractivity (Wildman–Crippen MR) is 104 cm³/mol. The number of carboxylic acids is 1. The summed E-state index contributed by atoms with van der Waals surface area (Å²) >= 11 is 0. The summed E-state index contributed by atoms with van der Waals surface area (Å²) in [6.07, 6.45) is 14.0. The van der Waals surface area contributed by atoms with Crippen LogP contribution in [-0.2, 0) is 9.59 Å². The lowest BCUT2D eigenvalue weighted by atomic mass is 9.64. The Balaban J connectivity index is 1.85. The number of aliphatic hydroxyl groups is 2. The normalized spacial score (nSPS) is 28.5. The average molecular weight is 376 g/mol. The summed E-state index contributed by atoms with van der Waals surface area (Å²) in [4.78, 5) is 22.7. The van der Waals surface area contributed by atoms with Crippen molar-refractivity contribution in [2.45, 2.75) is 70.0 Å².